The van der Waals surface area contributed by atoms with E-state index >= 15 is 0 Å². The van der Waals surface area contributed by atoms with Crippen molar-refractivity contribution in [3.05, 3.63) is 17.7 Å². The first-order valence-corrected chi connectivity index (χ1v) is 9.85. The Labute approximate surface area is 192 Å². The van der Waals surface area contributed by atoms with Gasteiger partial charge in [0.25, 0.3) is 0 Å². The molecule has 2 aliphatic heterocycles. The van der Waals surface area contributed by atoms with Gasteiger partial charge in [-0.1, -0.05) is 0 Å². The van der Waals surface area contributed by atoms with E-state index in [1.165, 1.54) is 6.07 Å². The monoisotopic (exact) mass is 542 g/mol. The van der Waals surface area contributed by atoms with E-state index in [9.17, 15) is 8.78 Å². The van der Waals surface area contributed by atoms with Crippen LogP contribution in [0.2, 0.25) is 0 Å². The molecule has 2 aliphatic rings. The number of hydrogen-bond donors (Lipinski definition) is 2. The fourth-order valence-corrected chi connectivity index (χ4v) is 3.13. The number of aliphatic imine (C=N–C) groups is 1. The maximum atomic E-state index is 12.8. The van der Waals surface area contributed by atoms with Crippen molar-refractivity contribution in [2.45, 2.75) is 26.5 Å². The van der Waals surface area contributed by atoms with E-state index in [-0.39, 0.29) is 43.1 Å². The molecule has 0 aliphatic carbocycles. The van der Waals surface area contributed by atoms with E-state index in [0.29, 0.717) is 29.6 Å². The largest absolute Gasteiger partial charge is 0.454 e. The van der Waals surface area contributed by atoms with Crippen LogP contribution in [0, 0.1) is 0 Å². The molecule has 170 valence electrons. The highest BCUT2D eigenvalue weighted by molar-refractivity contribution is 14.0. The van der Waals surface area contributed by atoms with Gasteiger partial charge in [-0.2, -0.15) is 8.78 Å². The molecule has 3 rings (SSSR count). The molecule has 0 saturated carbocycles. The fraction of sp³-hybridized carbons (Fsp3) is 0.632. The van der Waals surface area contributed by atoms with Crippen LogP contribution in [0.1, 0.15) is 18.9 Å². The van der Waals surface area contributed by atoms with Gasteiger partial charge in [0, 0.05) is 37.8 Å². The molecule has 0 bridgehead atoms. The van der Waals surface area contributed by atoms with Crippen LogP contribution in [0.15, 0.2) is 17.1 Å². The van der Waals surface area contributed by atoms with Gasteiger partial charge < -0.3 is 29.6 Å². The predicted molar refractivity (Wildman–Crippen MR) is 119 cm³/mol. The zero-order valence-corrected chi connectivity index (χ0v) is 19.3. The summed E-state index contributed by atoms with van der Waals surface area (Å²) < 4.78 is 46.1. The molecule has 1 aromatic rings. The van der Waals surface area contributed by atoms with Gasteiger partial charge in [-0.15, -0.1) is 24.0 Å². The molecule has 1 aromatic carbocycles. The first-order chi connectivity index (χ1) is 14.2. The molecule has 0 atom stereocenters. The van der Waals surface area contributed by atoms with Crippen molar-refractivity contribution in [1.82, 2.24) is 15.5 Å². The lowest BCUT2D eigenvalue weighted by Crippen LogP contribution is -2.40. The first-order valence-electron chi connectivity index (χ1n) is 9.85. The van der Waals surface area contributed by atoms with Gasteiger partial charge in [-0.05, 0) is 26.0 Å². The van der Waals surface area contributed by atoms with Gasteiger partial charge in [0.15, 0.2) is 17.5 Å². The second-order valence-corrected chi connectivity index (χ2v) is 6.62. The summed E-state index contributed by atoms with van der Waals surface area (Å²) in [6, 6.07) is 3.05. The average molecular weight is 542 g/mol. The molecule has 11 heteroatoms. The van der Waals surface area contributed by atoms with Gasteiger partial charge in [0.2, 0.25) is 6.79 Å². The topological polar surface area (TPSA) is 76.6 Å². The molecule has 2 N–H and O–H groups in total. The molecule has 0 radical (unpaired) electrons. The van der Waals surface area contributed by atoms with Crippen molar-refractivity contribution < 1.29 is 27.7 Å². The minimum absolute atomic E-state index is 0. The Morgan fingerprint density at radius 2 is 1.93 bits per heavy atom. The lowest BCUT2D eigenvalue weighted by Gasteiger charge is -2.26. The molecular weight excluding hydrogens is 513 g/mol. The number of alkyl halides is 2. The number of nitrogens with zero attached hydrogens (tertiary/aromatic N) is 2. The third kappa shape index (κ3) is 7.58. The van der Waals surface area contributed by atoms with E-state index in [1.54, 1.807) is 6.07 Å². The van der Waals surface area contributed by atoms with Crippen LogP contribution in [-0.2, 0) is 11.3 Å². The fourth-order valence-electron chi connectivity index (χ4n) is 3.13. The molecule has 30 heavy (non-hydrogen) atoms. The van der Waals surface area contributed by atoms with Crippen LogP contribution in [-0.4, -0.2) is 70.2 Å². The molecular formula is C19H29F2IN4O4. The summed E-state index contributed by atoms with van der Waals surface area (Å²) in [5, 5.41) is 6.44. The summed E-state index contributed by atoms with van der Waals surface area (Å²) in [7, 11) is 0. The predicted octanol–water partition coefficient (Wildman–Crippen LogP) is 2.41. The Balaban J connectivity index is 0.00000320. The molecule has 0 aromatic heterocycles. The highest BCUT2D eigenvalue weighted by Gasteiger charge is 2.20. The number of halogens is 3. The Kier molecular flexibility index (Phi) is 10.6. The molecule has 8 nitrogen and oxygen atoms in total. The van der Waals surface area contributed by atoms with Gasteiger partial charge in [0.05, 0.1) is 19.8 Å². The Bertz CT molecular complexity index is 691. The lowest BCUT2D eigenvalue weighted by atomic mass is 10.1. The van der Waals surface area contributed by atoms with Crippen molar-refractivity contribution >= 4 is 29.9 Å². The number of hydrogen-bond acceptors (Lipinski definition) is 6. The van der Waals surface area contributed by atoms with E-state index in [2.05, 4.69) is 25.3 Å². The smallest absolute Gasteiger partial charge is 0.387 e. The van der Waals surface area contributed by atoms with Crippen molar-refractivity contribution in [3.8, 4) is 17.2 Å². The zero-order valence-electron chi connectivity index (χ0n) is 17.0. The highest BCUT2D eigenvalue weighted by atomic mass is 127. The third-order valence-electron chi connectivity index (χ3n) is 4.57. The number of guanidine groups is 1. The number of fused-ring (bicyclic) bond motifs is 1. The van der Waals surface area contributed by atoms with Gasteiger partial charge in [0.1, 0.15) is 5.75 Å². The molecule has 2 heterocycles. The van der Waals surface area contributed by atoms with Crippen molar-refractivity contribution in [2.75, 3.05) is 52.7 Å². The summed E-state index contributed by atoms with van der Waals surface area (Å²) in [6.07, 6.45) is 0.966. The normalized spacial score (nSPS) is 16.3. The molecule has 1 fully saturated rings. The maximum absolute atomic E-state index is 12.8. The van der Waals surface area contributed by atoms with Crippen molar-refractivity contribution in [2.24, 2.45) is 4.99 Å². The van der Waals surface area contributed by atoms with E-state index in [0.717, 1.165) is 45.8 Å². The maximum Gasteiger partial charge on any atom is 0.387 e. The Morgan fingerprint density at radius 1 is 1.20 bits per heavy atom. The first kappa shape index (κ1) is 24.7. The number of benzene rings is 1. The molecule has 0 amide bonds. The number of morpholine rings is 1. The molecule has 0 unspecified atom stereocenters. The molecule has 1 saturated heterocycles. The second kappa shape index (κ2) is 13.0. The van der Waals surface area contributed by atoms with Crippen molar-refractivity contribution in [3.63, 3.8) is 0 Å². The van der Waals surface area contributed by atoms with Gasteiger partial charge in [-0.3, -0.25) is 4.90 Å². The minimum atomic E-state index is -2.93. The summed E-state index contributed by atoms with van der Waals surface area (Å²) in [5.41, 5.74) is 0.500. The lowest BCUT2D eigenvalue weighted by molar-refractivity contribution is -0.0505. The zero-order chi connectivity index (χ0) is 20.5. The third-order valence-corrected chi connectivity index (χ3v) is 4.57. The number of ether oxygens (including phenoxy) is 4. The van der Waals surface area contributed by atoms with E-state index in [1.807, 2.05) is 6.92 Å². The van der Waals surface area contributed by atoms with Crippen LogP contribution in [0.25, 0.3) is 0 Å². The summed E-state index contributed by atoms with van der Waals surface area (Å²) in [6.45, 7) is 5.20. The number of nitrogens with one attached hydrogen (secondary N) is 2. The SMILES string of the molecule is CCNC(=NCc1cc2c(cc1OC(F)F)OCO2)NCCCN1CCOCC1.I. The highest BCUT2D eigenvalue weighted by Crippen LogP contribution is 2.39. The van der Waals surface area contributed by atoms with Gasteiger partial charge in [-0.25, -0.2) is 4.99 Å². The van der Waals surface area contributed by atoms with Crippen LogP contribution < -0.4 is 24.8 Å². The minimum Gasteiger partial charge on any atom is -0.454 e. The summed E-state index contributed by atoms with van der Waals surface area (Å²) in [4.78, 5) is 6.87. The Hall–Kier alpha value is -1.60. The summed E-state index contributed by atoms with van der Waals surface area (Å²) in [5.74, 6) is 1.55. The van der Waals surface area contributed by atoms with Crippen LogP contribution in [0.3, 0.4) is 0 Å². The quantitative estimate of drug-likeness (QED) is 0.215. The van der Waals surface area contributed by atoms with Crippen LogP contribution in [0.5, 0.6) is 17.2 Å². The number of rotatable bonds is 9. The van der Waals surface area contributed by atoms with Crippen molar-refractivity contribution in [1.29, 1.82) is 0 Å². The van der Waals surface area contributed by atoms with Crippen LogP contribution in [0.4, 0.5) is 8.78 Å². The van der Waals surface area contributed by atoms with Crippen LogP contribution >= 0.6 is 24.0 Å². The van der Waals surface area contributed by atoms with E-state index < -0.39 is 6.61 Å². The Morgan fingerprint density at radius 3 is 2.63 bits per heavy atom. The average Bonchev–Trinajstić information content (AvgIpc) is 3.16. The summed E-state index contributed by atoms with van der Waals surface area (Å²) >= 11 is 0. The molecule has 0 spiro atoms. The standard InChI is InChI=1S/C19H28F2N4O4.HI/c1-2-22-19(23-4-3-5-25-6-8-26-9-7-25)24-12-14-10-16-17(28-13-27-16)11-15(14)29-18(20)21;/h10-11,18H,2-9,12-13H2,1H3,(H2,22,23,24);1H. The van der Waals surface area contributed by atoms with Gasteiger partial charge >= 0.3 is 6.61 Å². The second-order valence-electron chi connectivity index (χ2n) is 6.62. The van der Waals surface area contributed by atoms with E-state index in [4.69, 9.17) is 14.2 Å².